The lowest BCUT2D eigenvalue weighted by molar-refractivity contribution is 0.0602. The van der Waals surface area contributed by atoms with E-state index in [2.05, 4.69) is 41.9 Å². The molecule has 0 saturated heterocycles. The number of nitriles is 1. The van der Waals surface area contributed by atoms with Crippen LogP contribution in [0.4, 0.5) is 5.69 Å². The summed E-state index contributed by atoms with van der Waals surface area (Å²) >= 11 is 0. The first kappa shape index (κ1) is 27.5. The Balaban J connectivity index is 1.94. The highest BCUT2D eigenvalue weighted by Gasteiger charge is 2.26. The number of unbranched alkanes of at least 4 members (excludes halogenated alkanes) is 1. The number of hydrogen-bond donors (Lipinski definition) is 0. The smallest absolute Gasteiger partial charge is 0.343 e. The Morgan fingerprint density at radius 2 is 1.92 bits per heavy atom. The molecule has 39 heavy (non-hydrogen) atoms. The van der Waals surface area contributed by atoms with E-state index >= 15 is 0 Å². The number of methoxy groups -OCH3 is 3. The zero-order valence-corrected chi connectivity index (χ0v) is 23.2. The molecule has 0 fully saturated rings. The Morgan fingerprint density at radius 1 is 1.13 bits per heavy atom. The Morgan fingerprint density at radius 3 is 2.54 bits per heavy atom. The minimum Gasteiger partial charge on any atom is -0.497 e. The first-order valence-corrected chi connectivity index (χ1v) is 12.9. The molecule has 0 amide bonds. The molecule has 2 heterocycles. The third-order valence-electron chi connectivity index (χ3n) is 6.79. The Kier molecular flexibility index (Phi) is 8.35. The van der Waals surface area contributed by atoms with E-state index in [0.29, 0.717) is 28.2 Å². The molecule has 4 aromatic rings. The fourth-order valence-corrected chi connectivity index (χ4v) is 4.62. The van der Waals surface area contributed by atoms with Crippen molar-refractivity contribution in [3.8, 4) is 29.0 Å². The Hall–Kier alpha value is -4.58. The van der Waals surface area contributed by atoms with Gasteiger partial charge in [0.2, 0.25) is 0 Å². The zero-order valence-electron chi connectivity index (χ0n) is 23.2. The maximum absolute atomic E-state index is 12.8. The van der Waals surface area contributed by atoms with Crippen LogP contribution in [0.1, 0.15) is 53.7 Å². The van der Waals surface area contributed by atoms with E-state index in [9.17, 15) is 10.1 Å². The normalized spacial score (nSPS) is 11.5. The molecule has 2 aromatic heterocycles. The monoisotopic (exact) mass is 527 g/mol. The van der Waals surface area contributed by atoms with Gasteiger partial charge in [-0.2, -0.15) is 5.26 Å². The van der Waals surface area contributed by atoms with Crippen LogP contribution in [0, 0.1) is 18.3 Å². The number of hydrogen-bond acceptors (Lipinski definition) is 8. The second kappa shape index (κ2) is 11.9. The van der Waals surface area contributed by atoms with Crippen molar-refractivity contribution >= 4 is 23.4 Å². The van der Waals surface area contributed by atoms with Gasteiger partial charge in [0.15, 0.2) is 11.5 Å². The number of aromatic nitrogens is 3. The lowest BCUT2D eigenvalue weighted by Gasteiger charge is -2.23. The van der Waals surface area contributed by atoms with E-state index in [0.717, 1.165) is 42.7 Å². The van der Waals surface area contributed by atoms with Gasteiger partial charge in [0, 0.05) is 18.8 Å². The number of ether oxygens (including phenoxy) is 3. The largest absolute Gasteiger partial charge is 0.497 e. The van der Waals surface area contributed by atoms with Crippen molar-refractivity contribution in [2.75, 3.05) is 39.3 Å². The quantitative estimate of drug-likeness (QED) is 0.277. The summed E-state index contributed by atoms with van der Waals surface area (Å²) in [6.45, 7) is 8.29. The number of aryl methyl sites for hydroxylation is 1. The zero-order chi connectivity index (χ0) is 28.1. The van der Waals surface area contributed by atoms with Crippen LogP contribution in [-0.2, 0) is 4.74 Å². The van der Waals surface area contributed by atoms with Crippen LogP contribution in [-0.4, -0.2) is 55.0 Å². The van der Waals surface area contributed by atoms with Crippen molar-refractivity contribution < 1.29 is 19.0 Å². The molecule has 0 saturated carbocycles. The van der Waals surface area contributed by atoms with Gasteiger partial charge >= 0.3 is 5.97 Å². The molecule has 4 rings (SSSR count). The number of anilines is 1. The van der Waals surface area contributed by atoms with Crippen LogP contribution in [0.25, 0.3) is 23.1 Å². The van der Waals surface area contributed by atoms with E-state index < -0.39 is 5.97 Å². The van der Waals surface area contributed by atoms with Crippen LogP contribution in [0.2, 0.25) is 0 Å². The van der Waals surface area contributed by atoms with Crippen molar-refractivity contribution in [3.05, 3.63) is 64.0 Å². The molecule has 0 atom stereocenters. The molecule has 0 bridgehead atoms. The SMILES string of the molecule is CCCCN(CC)c1ccc(/C=c2\c(C#N)c(C(=O)OC)c3nc(-c4cc(OC)ccc4OC)nn23)c(C)c1. The van der Waals surface area contributed by atoms with E-state index in [1.165, 1.54) is 11.6 Å². The van der Waals surface area contributed by atoms with E-state index in [-0.39, 0.29) is 16.8 Å². The molecule has 0 aliphatic rings. The van der Waals surface area contributed by atoms with Gasteiger partial charge in [0.05, 0.1) is 37.8 Å². The minimum absolute atomic E-state index is 0.0675. The summed E-state index contributed by atoms with van der Waals surface area (Å²) < 4.78 is 17.4. The summed E-state index contributed by atoms with van der Waals surface area (Å²) in [6.07, 6.45) is 4.12. The number of fused-ring (bicyclic) bond motifs is 1. The van der Waals surface area contributed by atoms with Gasteiger partial charge in [-0.15, -0.1) is 5.10 Å². The Bertz CT molecular complexity index is 1600. The van der Waals surface area contributed by atoms with E-state index in [1.807, 2.05) is 19.1 Å². The van der Waals surface area contributed by atoms with Crippen LogP contribution in [0.5, 0.6) is 11.5 Å². The van der Waals surface area contributed by atoms with Gasteiger partial charge in [0.1, 0.15) is 23.1 Å². The average molecular weight is 528 g/mol. The average Bonchev–Trinajstić information content (AvgIpc) is 3.51. The van der Waals surface area contributed by atoms with Gasteiger partial charge in [0.25, 0.3) is 0 Å². The van der Waals surface area contributed by atoms with Gasteiger partial charge in [-0.3, -0.25) is 0 Å². The van der Waals surface area contributed by atoms with Gasteiger partial charge in [-0.05, 0) is 67.8 Å². The van der Waals surface area contributed by atoms with Crippen molar-refractivity contribution in [3.63, 3.8) is 0 Å². The molecule has 0 aliphatic carbocycles. The first-order valence-electron chi connectivity index (χ1n) is 12.9. The van der Waals surface area contributed by atoms with Crippen molar-refractivity contribution in [1.82, 2.24) is 14.6 Å². The fourth-order valence-electron chi connectivity index (χ4n) is 4.62. The highest BCUT2D eigenvalue weighted by molar-refractivity contribution is 5.99. The predicted octanol–water partition coefficient (Wildman–Crippen LogP) is 4.55. The lowest BCUT2D eigenvalue weighted by atomic mass is 10.1. The van der Waals surface area contributed by atoms with Crippen LogP contribution < -0.4 is 19.7 Å². The highest BCUT2D eigenvalue weighted by atomic mass is 16.5. The molecular weight excluding hydrogens is 494 g/mol. The second-order valence-corrected chi connectivity index (χ2v) is 9.09. The molecule has 9 heteroatoms. The van der Waals surface area contributed by atoms with Crippen LogP contribution in [0.3, 0.4) is 0 Å². The van der Waals surface area contributed by atoms with E-state index in [1.54, 1.807) is 32.4 Å². The third-order valence-corrected chi connectivity index (χ3v) is 6.79. The summed E-state index contributed by atoms with van der Waals surface area (Å²) in [6, 6.07) is 13.7. The summed E-state index contributed by atoms with van der Waals surface area (Å²) in [5.74, 6) is 0.819. The van der Waals surface area contributed by atoms with E-state index in [4.69, 9.17) is 19.3 Å². The van der Waals surface area contributed by atoms with Gasteiger partial charge < -0.3 is 19.1 Å². The van der Waals surface area contributed by atoms with Crippen molar-refractivity contribution in [1.29, 1.82) is 5.26 Å². The van der Waals surface area contributed by atoms with Crippen LogP contribution >= 0.6 is 0 Å². The summed E-state index contributed by atoms with van der Waals surface area (Å²) in [4.78, 5) is 19.8. The molecule has 0 unspecified atom stereocenters. The second-order valence-electron chi connectivity index (χ2n) is 9.09. The molecule has 9 nitrogen and oxygen atoms in total. The number of nitrogens with zero attached hydrogens (tertiary/aromatic N) is 5. The maximum Gasteiger partial charge on any atom is 0.343 e. The number of carbonyl (C=O) groups excluding carboxylic acids is 1. The molecule has 202 valence electrons. The topological polar surface area (TPSA) is 102 Å². The first-order chi connectivity index (χ1) is 18.9. The number of carbonyl (C=O) groups is 1. The molecule has 0 N–H and O–H groups in total. The van der Waals surface area contributed by atoms with Crippen molar-refractivity contribution in [2.24, 2.45) is 0 Å². The summed E-state index contributed by atoms with van der Waals surface area (Å²) in [7, 11) is 4.41. The minimum atomic E-state index is -0.658. The maximum atomic E-state index is 12.8. The molecule has 0 radical (unpaired) electrons. The van der Waals surface area contributed by atoms with Crippen LogP contribution in [0.15, 0.2) is 36.4 Å². The third kappa shape index (κ3) is 5.23. The molecule has 0 spiro atoms. The Labute approximate surface area is 228 Å². The summed E-state index contributed by atoms with van der Waals surface area (Å²) in [5.41, 5.74) is 4.14. The highest BCUT2D eigenvalue weighted by Crippen LogP contribution is 2.32. The standard InChI is InChI=1S/C30H33N5O4/c1-7-9-14-34(8-2)21-11-10-20(19(3)15-21)16-25-24(18-31)27(30(36)39-6)29-32-28(33-35(25)29)23-17-22(37-4)12-13-26(23)38-5/h10-13,15-17H,7-9,14H2,1-6H3/b25-16+. The number of esters is 1. The van der Waals surface area contributed by atoms with Gasteiger partial charge in [-0.1, -0.05) is 19.4 Å². The molecule has 0 aliphatic heterocycles. The number of rotatable bonds is 10. The molecular formula is C30H33N5O4. The lowest BCUT2D eigenvalue weighted by Crippen LogP contribution is -2.23. The van der Waals surface area contributed by atoms with Gasteiger partial charge in [-0.25, -0.2) is 14.3 Å². The molecule has 2 aromatic carbocycles. The fraction of sp³-hybridized carbons (Fsp3) is 0.333. The number of benzene rings is 2. The predicted molar refractivity (Wildman–Crippen MR) is 150 cm³/mol. The summed E-state index contributed by atoms with van der Waals surface area (Å²) in [5, 5.41) is 15.2. The van der Waals surface area contributed by atoms with Crippen molar-refractivity contribution in [2.45, 2.75) is 33.6 Å².